The van der Waals surface area contributed by atoms with Gasteiger partial charge in [0.25, 0.3) is 0 Å². The third-order valence-corrected chi connectivity index (χ3v) is 6.24. The maximum Gasteiger partial charge on any atom is 0.165 e. The smallest absolute Gasteiger partial charge is 0.165 e. The zero-order valence-electron chi connectivity index (χ0n) is 17.4. The van der Waals surface area contributed by atoms with Gasteiger partial charge in [-0.3, -0.25) is 4.79 Å². The van der Waals surface area contributed by atoms with Crippen molar-refractivity contribution in [2.75, 3.05) is 13.7 Å². The molecule has 1 N–H and O–H groups in total. The highest BCUT2D eigenvalue weighted by atomic mass is 19.1. The van der Waals surface area contributed by atoms with Crippen molar-refractivity contribution in [3.05, 3.63) is 65.0 Å². The first-order valence-electron chi connectivity index (χ1n) is 10.6. The molecule has 0 aliphatic heterocycles. The molecule has 2 aromatic carbocycles. The number of rotatable bonds is 9. The molecule has 0 amide bonds. The zero-order valence-corrected chi connectivity index (χ0v) is 17.4. The van der Waals surface area contributed by atoms with Crippen molar-refractivity contribution < 1.29 is 19.0 Å². The SMILES string of the molecule is COc1cc([C@@H](C)C[C@H]2CC[C@@H](c3ccc(C(=O)CCCO)cc3)C2)ccc1F. The predicted molar refractivity (Wildman–Crippen MR) is 113 cm³/mol. The van der Waals surface area contributed by atoms with Crippen LogP contribution in [0.25, 0.3) is 0 Å². The summed E-state index contributed by atoms with van der Waals surface area (Å²) in [4.78, 5) is 12.1. The number of hydrogen-bond donors (Lipinski definition) is 1. The minimum atomic E-state index is -0.317. The molecule has 0 aromatic heterocycles. The Bertz CT molecular complexity index is 815. The first-order valence-corrected chi connectivity index (χ1v) is 10.6. The highest BCUT2D eigenvalue weighted by Gasteiger charge is 2.27. The zero-order chi connectivity index (χ0) is 20.8. The number of halogens is 1. The lowest BCUT2D eigenvalue weighted by atomic mass is 9.87. The Labute approximate surface area is 172 Å². The van der Waals surface area contributed by atoms with Crippen LogP contribution < -0.4 is 4.74 Å². The fraction of sp³-hybridized carbons (Fsp3) is 0.480. The first-order chi connectivity index (χ1) is 14.0. The molecule has 0 radical (unpaired) electrons. The van der Waals surface area contributed by atoms with E-state index in [0.29, 0.717) is 36.3 Å². The Morgan fingerprint density at radius 1 is 1.21 bits per heavy atom. The number of carbonyl (C=O) groups is 1. The molecule has 29 heavy (non-hydrogen) atoms. The predicted octanol–water partition coefficient (Wildman–Crippen LogP) is 5.87. The number of aliphatic hydroxyl groups is 1. The van der Waals surface area contributed by atoms with Gasteiger partial charge >= 0.3 is 0 Å². The second-order valence-corrected chi connectivity index (χ2v) is 8.28. The molecule has 1 fully saturated rings. The summed E-state index contributed by atoms with van der Waals surface area (Å²) >= 11 is 0. The summed E-state index contributed by atoms with van der Waals surface area (Å²) in [5, 5.41) is 8.87. The van der Waals surface area contributed by atoms with Crippen LogP contribution >= 0.6 is 0 Å². The van der Waals surface area contributed by atoms with Crippen LogP contribution in [0, 0.1) is 11.7 Å². The molecule has 1 saturated carbocycles. The summed E-state index contributed by atoms with van der Waals surface area (Å²) in [5.41, 5.74) is 3.16. The fourth-order valence-electron chi connectivity index (χ4n) is 4.54. The van der Waals surface area contributed by atoms with Crippen LogP contribution in [0.2, 0.25) is 0 Å². The number of aliphatic hydroxyl groups excluding tert-OH is 1. The summed E-state index contributed by atoms with van der Waals surface area (Å²) in [6, 6.07) is 13.2. The number of benzene rings is 2. The Kier molecular flexibility index (Phi) is 7.43. The van der Waals surface area contributed by atoms with Crippen LogP contribution in [-0.4, -0.2) is 24.6 Å². The van der Waals surface area contributed by atoms with Gasteiger partial charge < -0.3 is 9.84 Å². The van der Waals surface area contributed by atoms with Crippen molar-refractivity contribution in [3.8, 4) is 5.75 Å². The number of methoxy groups -OCH3 is 1. The van der Waals surface area contributed by atoms with Gasteiger partial charge in [-0.25, -0.2) is 4.39 Å². The monoisotopic (exact) mass is 398 g/mol. The lowest BCUT2D eigenvalue weighted by Gasteiger charge is -2.18. The molecule has 1 aliphatic carbocycles. The van der Waals surface area contributed by atoms with E-state index in [2.05, 4.69) is 19.1 Å². The van der Waals surface area contributed by atoms with E-state index in [9.17, 15) is 9.18 Å². The summed E-state index contributed by atoms with van der Waals surface area (Å²) in [5.74, 6) is 1.64. The van der Waals surface area contributed by atoms with Gasteiger partial charge in [-0.15, -0.1) is 0 Å². The quantitative estimate of drug-likeness (QED) is 0.538. The van der Waals surface area contributed by atoms with E-state index >= 15 is 0 Å². The van der Waals surface area contributed by atoms with Gasteiger partial charge in [0.05, 0.1) is 7.11 Å². The average molecular weight is 399 g/mol. The van der Waals surface area contributed by atoms with Crippen molar-refractivity contribution in [1.82, 2.24) is 0 Å². The highest BCUT2D eigenvalue weighted by molar-refractivity contribution is 5.96. The molecule has 3 nitrogen and oxygen atoms in total. The molecule has 1 aliphatic rings. The summed E-state index contributed by atoms with van der Waals surface area (Å²) < 4.78 is 18.8. The van der Waals surface area contributed by atoms with Gasteiger partial charge in [0.1, 0.15) is 0 Å². The number of Topliss-reactive ketones (excluding diaryl/α,β-unsaturated/α-hetero) is 1. The van der Waals surface area contributed by atoms with E-state index in [1.54, 1.807) is 0 Å². The molecule has 0 bridgehead atoms. The Balaban J connectivity index is 1.56. The van der Waals surface area contributed by atoms with Crippen molar-refractivity contribution in [1.29, 1.82) is 0 Å². The van der Waals surface area contributed by atoms with Gasteiger partial charge in [0.15, 0.2) is 17.3 Å². The van der Waals surface area contributed by atoms with Crippen LogP contribution in [0.4, 0.5) is 4.39 Å². The molecule has 0 heterocycles. The molecular weight excluding hydrogens is 367 g/mol. The van der Waals surface area contributed by atoms with Crippen molar-refractivity contribution in [3.63, 3.8) is 0 Å². The molecule has 4 heteroatoms. The molecule has 0 unspecified atom stereocenters. The van der Waals surface area contributed by atoms with Crippen LogP contribution in [0.3, 0.4) is 0 Å². The van der Waals surface area contributed by atoms with E-state index in [0.717, 1.165) is 24.0 Å². The van der Waals surface area contributed by atoms with E-state index in [-0.39, 0.29) is 18.2 Å². The largest absolute Gasteiger partial charge is 0.494 e. The Morgan fingerprint density at radius 2 is 1.97 bits per heavy atom. The second-order valence-electron chi connectivity index (χ2n) is 8.28. The highest BCUT2D eigenvalue weighted by Crippen LogP contribution is 2.42. The van der Waals surface area contributed by atoms with Crippen LogP contribution in [0.1, 0.15) is 78.8 Å². The summed E-state index contributed by atoms with van der Waals surface area (Å²) in [6.45, 7) is 2.25. The Morgan fingerprint density at radius 3 is 2.66 bits per heavy atom. The number of carbonyl (C=O) groups excluding carboxylic acids is 1. The average Bonchev–Trinajstić information content (AvgIpc) is 3.20. The van der Waals surface area contributed by atoms with Crippen molar-refractivity contribution in [2.45, 2.75) is 57.3 Å². The van der Waals surface area contributed by atoms with Gasteiger partial charge in [-0.05, 0) is 73.1 Å². The van der Waals surface area contributed by atoms with E-state index in [1.807, 2.05) is 24.3 Å². The fourth-order valence-corrected chi connectivity index (χ4v) is 4.54. The van der Waals surface area contributed by atoms with E-state index in [1.165, 1.54) is 31.6 Å². The van der Waals surface area contributed by atoms with Crippen LogP contribution in [0.15, 0.2) is 42.5 Å². The Hall–Kier alpha value is -2.20. The molecule has 156 valence electrons. The second kappa shape index (κ2) is 10.0. The van der Waals surface area contributed by atoms with E-state index in [4.69, 9.17) is 9.84 Å². The standard InChI is InChI=1S/C25H31FO3/c1-17(21-11-12-23(26)25(16-21)29-2)14-18-5-6-22(15-18)19-7-9-20(10-8-19)24(28)4-3-13-27/h7-12,16-18,22,27H,3-6,13-15H2,1-2H3/t17-,18+,22+/m0/s1. The van der Waals surface area contributed by atoms with Gasteiger partial charge in [-0.2, -0.15) is 0 Å². The lowest BCUT2D eigenvalue weighted by Crippen LogP contribution is -2.04. The number of hydrogen-bond acceptors (Lipinski definition) is 3. The first kappa shape index (κ1) is 21.5. The van der Waals surface area contributed by atoms with Gasteiger partial charge in [0.2, 0.25) is 0 Å². The molecule has 2 aromatic rings. The summed E-state index contributed by atoms with van der Waals surface area (Å²) in [7, 11) is 1.50. The molecule has 0 saturated heterocycles. The number of ether oxygens (including phenoxy) is 1. The molecule has 3 atom stereocenters. The van der Waals surface area contributed by atoms with Gasteiger partial charge in [0, 0.05) is 18.6 Å². The van der Waals surface area contributed by atoms with Crippen LogP contribution in [-0.2, 0) is 0 Å². The maximum atomic E-state index is 13.7. The molecular formula is C25H31FO3. The third-order valence-electron chi connectivity index (χ3n) is 6.24. The number of ketones is 1. The normalized spacial score (nSPS) is 19.9. The van der Waals surface area contributed by atoms with Crippen LogP contribution in [0.5, 0.6) is 5.75 Å². The summed E-state index contributed by atoms with van der Waals surface area (Å²) in [6.07, 6.45) is 5.52. The molecule has 0 spiro atoms. The third kappa shape index (κ3) is 5.45. The van der Waals surface area contributed by atoms with Crippen molar-refractivity contribution in [2.24, 2.45) is 5.92 Å². The van der Waals surface area contributed by atoms with Crippen molar-refractivity contribution >= 4 is 5.78 Å². The maximum absolute atomic E-state index is 13.7. The minimum absolute atomic E-state index is 0.0520. The lowest BCUT2D eigenvalue weighted by molar-refractivity contribution is 0.0971. The topological polar surface area (TPSA) is 46.5 Å². The molecule has 3 rings (SSSR count). The van der Waals surface area contributed by atoms with Gasteiger partial charge in [-0.1, -0.05) is 37.3 Å². The van der Waals surface area contributed by atoms with E-state index < -0.39 is 0 Å². The minimum Gasteiger partial charge on any atom is -0.494 e.